The van der Waals surface area contributed by atoms with Crippen molar-refractivity contribution in [2.24, 2.45) is 0 Å². The second kappa shape index (κ2) is 5.18. The molecule has 1 nitrogen and oxygen atoms in total. The van der Waals surface area contributed by atoms with Crippen molar-refractivity contribution in [3.8, 4) is 0 Å². The summed E-state index contributed by atoms with van der Waals surface area (Å²) >= 11 is 1.98. The lowest BCUT2D eigenvalue weighted by atomic mass is 9.99. The molecular formula is C15H12FIO. The van der Waals surface area contributed by atoms with Crippen LogP contribution in [0.4, 0.5) is 4.39 Å². The predicted octanol–water partition coefficient (Wildman–Crippen LogP) is 4.28. The average Bonchev–Trinajstić information content (AvgIpc) is 2.26. The lowest BCUT2D eigenvalue weighted by Gasteiger charge is -2.06. The monoisotopic (exact) mass is 354 g/mol. The number of aryl methyl sites for hydroxylation is 2. The summed E-state index contributed by atoms with van der Waals surface area (Å²) in [5.41, 5.74) is 3.30. The summed E-state index contributed by atoms with van der Waals surface area (Å²) in [6.07, 6.45) is 0. The van der Waals surface area contributed by atoms with Gasteiger partial charge in [0.15, 0.2) is 5.78 Å². The highest BCUT2D eigenvalue weighted by Gasteiger charge is 2.13. The van der Waals surface area contributed by atoms with Crippen molar-refractivity contribution in [1.29, 1.82) is 0 Å². The van der Waals surface area contributed by atoms with E-state index in [1.807, 2.05) is 54.6 Å². The van der Waals surface area contributed by atoms with E-state index in [9.17, 15) is 9.18 Å². The lowest BCUT2D eigenvalue weighted by Crippen LogP contribution is -2.05. The van der Waals surface area contributed by atoms with Gasteiger partial charge in [0.05, 0.1) is 0 Å². The zero-order valence-corrected chi connectivity index (χ0v) is 12.3. The minimum Gasteiger partial charge on any atom is -0.289 e. The van der Waals surface area contributed by atoms with E-state index in [2.05, 4.69) is 0 Å². The molecule has 0 aliphatic heterocycles. The molecule has 0 fully saturated rings. The fourth-order valence-electron chi connectivity index (χ4n) is 1.93. The highest BCUT2D eigenvalue weighted by molar-refractivity contribution is 14.1. The van der Waals surface area contributed by atoms with Gasteiger partial charge in [0.2, 0.25) is 0 Å². The third-order valence-electron chi connectivity index (χ3n) is 2.66. The molecular weight excluding hydrogens is 342 g/mol. The fraction of sp³-hybridized carbons (Fsp3) is 0.133. The molecule has 3 heteroatoms. The Morgan fingerprint density at radius 1 is 1.06 bits per heavy atom. The summed E-state index contributed by atoms with van der Waals surface area (Å²) < 4.78 is 13.7. The fourth-order valence-corrected chi connectivity index (χ4v) is 2.66. The van der Waals surface area contributed by atoms with E-state index in [1.165, 1.54) is 18.2 Å². The van der Waals surface area contributed by atoms with Gasteiger partial charge in [-0.05, 0) is 66.8 Å². The maximum Gasteiger partial charge on any atom is 0.194 e. The molecule has 18 heavy (non-hydrogen) atoms. The van der Waals surface area contributed by atoms with E-state index in [-0.39, 0.29) is 11.6 Å². The smallest absolute Gasteiger partial charge is 0.194 e. The Labute approximate surface area is 119 Å². The third-order valence-corrected chi connectivity index (χ3v) is 3.55. The Morgan fingerprint density at radius 2 is 1.67 bits per heavy atom. The van der Waals surface area contributed by atoms with Gasteiger partial charge in [-0.3, -0.25) is 4.79 Å². The molecule has 0 aliphatic rings. The van der Waals surface area contributed by atoms with Gasteiger partial charge in [-0.2, -0.15) is 0 Å². The van der Waals surface area contributed by atoms with Gasteiger partial charge in [0.1, 0.15) is 5.82 Å². The van der Waals surface area contributed by atoms with Gasteiger partial charge in [-0.15, -0.1) is 0 Å². The molecule has 0 saturated heterocycles. The molecule has 0 atom stereocenters. The first-order chi connectivity index (χ1) is 8.47. The Bertz CT molecular complexity index is 600. The van der Waals surface area contributed by atoms with Crippen LogP contribution in [0.2, 0.25) is 0 Å². The first-order valence-electron chi connectivity index (χ1n) is 5.55. The van der Waals surface area contributed by atoms with Crippen LogP contribution in [0, 0.1) is 23.2 Å². The summed E-state index contributed by atoms with van der Waals surface area (Å²) in [5.74, 6) is -0.387. The quantitative estimate of drug-likeness (QED) is 0.581. The van der Waals surface area contributed by atoms with Crippen LogP contribution >= 0.6 is 22.6 Å². The zero-order chi connectivity index (χ0) is 13.3. The number of carbonyl (C=O) groups excluding carboxylic acids is 1. The average molecular weight is 354 g/mol. The molecule has 0 bridgehead atoms. The van der Waals surface area contributed by atoms with Gasteiger partial charge in [-0.25, -0.2) is 4.39 Å². The number of hydrogen-bond donors (Lipinski definition) is 0. The van der Waals surface area contributed by atoms with Crippen LogP contribution in [0.25, 0.3) is 0 Å². The number of halogens is 2. The molecule has 0 spiro atoms. The summed E-state index contributed by atoms with van der Waals surface area (Å²) in [4.78, 5) is 12.4. The molecule has 0 aliphatic carbocycles. The Kier molecular flexibility index (Phi) is 3.80. The summed E-state index contributed by atoms with van der Waals surface area (Å²) in [6, 6.07) is 9.96. The minimum atomic E-state index is -0.323. The summed E-state index contributed by atoms with van der Waals surface area (Å²) in [5, 5.41) is 0. The van der Waals surface area contributed by atoms with Gasteiger partial charge in [0.25, 0.3) is 0 Å². The first kappa shape index (κ1) is 13.2. The normalized spacial score (nSPS) is 10.4. The van der Waals surface area contributed by atoms with Crippen molar-refractivity contribution >= 4 is 28.4 Å². The molecule has 0 radical (unpaired) electrons. The summed E-state index contributed by atoms with van der Waals surface area (Å²) in [6.45, 7) is 3.92. The Balaban J connectivity index is 2.47. The van der Waals surface area contributed by atoms with E-state index in [4.69, 9.17) is 0 Å². The van der Waals surface area contributed by atoms with Gasteiger partial charge >= 0.3 is 0 Å². The SMILES string of the molecule is Cc1cc(C)cc(C(=O)c2ccc(F)cc2I)c1. The van der Waals surface area contributed by atoms with Crippen molar-refractivity contribution in [1.82, 2.24) is 0 Å². The largest absolute Gasteiger partial charge is 0.289 e. The number of benzene rings is 2. The number of ketones is 1. The van der Waals surface area contributed by atoms with Crippen LogP contribution in [-0.2, 0) is 0 Å². The minimum absolute atomic E-state index is 0.0637. The highest BCUT2D eigenvalue weighted by Crippen LogP contribution is 2.19. The van der Waals surface area contributed by atoms with Crippen LogP contribution in [-0.4, -0.2) is 5.78 Å². The van der Waals surface area contributed by atoms with Crippen LogP contribution < -0.4 is 0 Å². The van der Waals surface area contributed by atoms with Crippen LogP contribution in [0.15, 0.2) is 36.4 Å². The maximum absolute atomic E-state index is 13.0. The summed E-state index contributed by atoms with van der Waals surface area (Å²) in [7, 11) is 0. The third kappa shape index (κ3) is 2.77. The molecule has 0 aromatic heterocycles. The zero-order valence-electron chi connectivity index (χ0n) is 10.1. The molecule has 0 saturated carbocycles. The molecule has 0 unspecified atom stereocenters. The van der Waals surface area contributed by atoms with Crippen molar-refractivity contribution < 1.29 is 9.18 Å². The van der Waals surface area contributed by atoms with Crippen molar-refractivity contribution in [2.45, 2.75) is 13.8 Å². The van der Waals surface area contributed by atoms with Gasteiger partial charge < -0.3 is 0 Å². The predicted molar refractivity (Wildman–Crippen MR) is 78.5 cm³/mol. The second-order valence-corrected chi connectivity index (χ2v) is 5.49. The van der Waals surface area contributed by atoms with Crippen LogP contribution in [0.3, 0.4) is 0 Å². The molecule has 0 N–H and O–H groups in total. The topological polar surface area (TPSA) is 17.1 Å². The molecule has 2 aromatic carbocycles. The van der Waals surface area contributed by atoms with E-state index in [0.29, 0.717) is 14.7 Å². The van der Waals surface area contributed by atoms with Crippen molar-refractivity contribution in [2.75, 3.05) is 0 Å². The van der Waals surface area contributed by atoms with Crippen LogP contribution in [0.5, 0.6) is 0 Å². The molecule has 2 rings (SSSR count). The van der Waals surface area contributed by atoms with Gasteiger partial charge in [0, 0.05) is 14.7 Å². The molecule has 0 heterocycles. The van der Waals surface area contributed by atoms with Crippen LogP contribution in [0.1, 0.15) is 27.0 Å². The van der Waals surface area contributed by atoms with Crippen molar-refractivity contribution in [3.05, 3.63) is 68.0 Å². The number of carbonyl (C=O) groups is 1. The maximum atomic E-state index is 13.0. The van der Waals surface area contributed by atoms with E-state index >= 15 is 0 Å². The van der Waals surface area contributed by atoms with Gasteiger partial charge in [-0.1, -0.05) is 17.2 Å². The standard InChI is InChI=1S/C15H12FIO/c1-9-5-10(2)7-11(6-9)15(18)13-4-3-12(16)8-14(13)17/h3-8H,1-2H3. The number of rotatable bonds is 2. The highest BCUT2D eigenvalue weighted by atomic mass is 127. The lowest BCUT2D eigenvalue weighted by molar-refractivity contribution is 0.103. The van der Waals surface area contributed by atoms with E-state index < -0.39 is 0 Å². The number of hydrogen-bond acceptors (Lipinski definition) is 1. The Morgan fingerprint density at radius 3 is 2.22 bits per heavy atom. The van der Waals surface area contributed by atoms with E-state index in [1.54, 1.807) is 0 Å². The molecule has 92 valence electrons. The second-order valence-electron chi connectivity index (χ2n) is 4.33. The van der Waals surface area contributed by atoms with Crippen molar-refractivity contribution in [3.63, 3.8) is 0 Å². The Hall–Kier alpha value is -1.23. The molecule has 2 aromatic rings. The van der Waals surface area contributed by atoms with E-state index in [0.717, 1.165) is 11.1 Å². The first-order valence-corrected chi connectivity index (χ1v) is 6.63. The molecule has 0 amide bonds.